The van der Waals surface area contributed by atoms with Gasteiger partial charge in [-0.05, 0) is 38.7 Å². The van der Waals surface area contributed by atoms with Crippen LogP contribution in [0.5, 0.6) is 0 Å². The van der Waals surface area contributed by atoms with Crippen molar-refractivity contribution in [2.24, 2.45) is 5.92 Å². The Bertz CT molecular complexity index is 413. The molecule has 0 bridgehead atoms. The van der Waals surface area contributed by atoms with Crippen LogP contribution in [0.3, 0.4) is 0 Å². The zero-order valence-electron chi connectivity index (χ0n) is 9.66. The first-order chi connectivity index (χ1) is 7.58. The molecular formula is C12H17N3O. The lowest BCUT2D eigenvalue weighted by Gasteiger charge is -2.13. The first-order valence-corrected chi connectivity index (χ1v) is 5.61. The van der Waals surface area contributed by atoms with Crippen molar-refractivity contribution in [3.8, 4) is 0 Å². The topological polar surface area (TPSA) is 68.0 Å². The van der Waals surface area contributed by atoms with Crippen LogP contribution >= 0.6 is 0 Å². The average molecular weight is 219 g/mol. The molecule has 0 spiro atoms. The molecule has 1 aliphatic carbocycles. The van der Waals surface area contributed by atoms with Gasteiger partial charge in [0.25, 0.3) is 5.91 Å². The van der Waals surface area contributed by atoms with Crippen molar-refractivity contribution in [3.63, 3.8) is 0 Å². The summed E-state index contributed by atoms with van der Waals surface area (Å²) < 4.78 is 0. The number of carbonyl (C=O) groups excluding carboxylic acids is 1. The molecule has 1 unspecified atom stereocenters. The van der Waals surface area contributed by atoms with E-state index in [1.165, 1.54) is 12.8 Å². The van der Waals surface area contributed by atoms with Crippen LogP contribution in [0, 0.1) is 12.8 Å². The van der Waals surface area contributed by atoms with E-state index in [1.807, 2.05) is 13.8 Å². The highest BCUT2D eigenvalue weighted by Crippen LogP contribution is 2.32. The van der Waals surface area contributed by atoms with Gasteiger partial charge in [-0.15, -0.1) is 0 Å². The summed E-state index contributed by atoms with van der Waals surface area (Å²) in [5, 5.41) is 2.96. The maximum Gasteiger partial charge on any atom is 0.255 e. The van der Waals surface area contributed by atoms with Crippen molar-refractivity contribution in [1.29, 1.82) is 0 Å². The molecule has 3 N–H and O–H groups in total. The van der Waals surface area contributed by atoms with Crippen molar-refractivity contribution < 1.29 is 4.79 Å². The standard InChI is InChI=1S/C12H17N3O/c1-7-5-11(13)10(6-14-7)12(16)15-8(2)9-3-4-9/h5-6,8-9H,3-4H2,1-2H3,(H2,13,14)(H,15,16). The highest BCUT2D eigenvalue weighted by molar-refractivity contribution is 5.98. The number of anilines is 1. The van der Waals surface area contributed by atoms with Crippen LogP contribution in [0.2, 0.25) is 0 Å². The molecular weight excluding hydrogens is 202 g/mol. The third-order valence-electron chi connectivity index (χ3n) is 3.01. The number of amides is 1. The summed E-state index contributed by atoms with van der Waals surface area (Å²) in [6.07, 6.45) is 3.96. The van der Waals surface area contributed by atoms with Crippen molar-refractivity contribution >= 4 is 11.6 Å². The molecule has 4 nitrogen and oxygen atoms in total. The highest BCUT2D eigenvalue weighted by atomic mass is 16.1. The van der Waals surface area contributed by atoms with Gasteiger partial charge < -0.3 is 11.1 Å². The molecule has 4 heteroatoms. The van der Waals surface area contributed by atoms with E-state index in [0.29, 0.717) is 17.2 Å². The van der Waals surface area contributed by atoms with Gasteiger partial charge in [-0.1, -0.05) is 0 Å². The van der Waals surface area contributed by atoms with Crippen LogP contribution in [0.1, 0.15) is 35.8 Å². The van der Waals surface area contributed by atoms with E-state index in [2.05, 4.69) is 10.3 Å². The fourth-order valence-electron chi connectivity index (χ4n) is 1.77. The third kappa shape index (κ3) is 2.32. The first-order valence-electron chi connectivity index (χ1n) is 5.61. The van der Waals surface area contributed by atoms with Crippen LogP contribution in [0.4, 0.5) is 5.69 Å². The molecule has 1 amide bonds. The Labute approximate surface area is 95.3 Å². The molecule has 1 heterocycles. The van der Waals surface area contributed by atoms with Gasteiger partial charge in [-0.3, -0.25) is 9.78 Å². The predicted molar refractivity (Wildman–Crippen MR) is 63.0 cm³/mol. The first kappa shape index (κ1) is 10.9. The lowest BCUT2D eigenvalue weighted by atomic mass is 10.1. The number of nitrogen functional groups attached to an aromatic ring is 1. The van der Waals surface area contributed by atoms with Gasteiger partial charge in [0.1, 0.15) is 0 Å². The van der Waals surface area contributed by atoms with Gasteiger partial charge >= 0.3 is 0 Å². The lowest BCUT2D eigenvalue weighted by Crippen LogP contribution is -2.34. The molecule has 1 aliphatic rings. The Hall–Kier alpha value is -1.58. The minimum Gasteiger partial charge on any atom is -0.398 e. The number of aromatic nitrogens is 1. The summed E-state index contributed by atoms with van der Waals surface area (Å²) in [5.41, 5.74) is 7.58. The Morgan fingerprint density at radius 3 is 2.88 bits per heavy atom. The van der Waals surface area contributed by atoms with Gasteiger partial charge in [0, 0.05) is 23.6 Å². The Kier molecular flexibility index (Phi) is 2.81. The van der Waals surface area contributed by atoms with Crippen molar-refractivity contribution in [1.82, 2.24) is 10.3 Å². The SMILES string of the molecule is Cc1cc(N)c(C(=O)NC(C)C2CC2)cn1. The predicted octanol–water partition coefficient (Wildman–Crippen LogP) is 1.50. The van der Waals surface area contributed by atoms with Crippen LogP contribution in [-0.2, 0) is 0 Å². The minimum absolute atomic E-state index is 0.121. The molecule has 2 rings (SSSR count). The zero-order valence-corrected chi connectivity index (χ0v) is 9.66. The van der Waals surface area contributed by atoms with Gasteiger partial charge in [-0.25, -0.2) is 0 Å². The summed E-state index contributed by atoms with van der Waals surface area (Å²) in [7, 11) is 0. The van der Waals surface area contributed by atoms with Gasteiger partial charge in [0.05, 0.1) is 5.56 Å². The quantitative estimate of drug-likeness (QED) is 0.809. The second-order valence-electron chi connectivity index (χ2n) is 4.51. The number of aryl methyl sites for hydroxylation is 1. The van der Waals surface area contributed by atoms with E-state index >= 15 is 0 Å². The molecule has 1 saturated carbocycles. The van der Waals surface area contributed by atoms with Gasteiger partial charge in [-0.2, -0.15) is 0 Å². The monoisotopic (exact) mass is 219 g/mol. The largest absolute Gasteiger partial charge is 0.398 e. The zero-order chi connectivity index (χ0) is 11.7. The Balaban J connectivity index is 2.07. The summed E-state index contributed by atoms with van der Waals surface area (Å²) in [5.74, 6) is 0.521. The number of hydrogen-bond acceptors (Lipinski definition) is 3. The summed E-state index contributed by atoms with van der Waals surface area (Å²) in [6, 6.07) is 1.95. The fourth-order valence-corrected chi connectivity index (χ4v) is 1.77. The van der Waals surface area contributed by atoms with Crippen LogP contribution in [-0.4, -0.2) is 16.9 Å². The van der Waals surface area contributed by atoms with Crippen LogP contribution in [0.25, 0.3) is 0 Å². The molecule has 1 aromatic heterocycles. The molecule has 1 atom stereocenters. The summed E-state index contributed by atoms with van der Waals surface area (Å²) in [4.78, 5) is 16.0. The number of rotatable bonds is 3. The second-order valence-corrected chi connectivity index (χ2v) is 4.51. The van der Waals surface area contributed by atoms with Crippen molar-refractivity contribution in [3.05, 3.63) is 23.5 Å². The third-order valence-corrected chi connectivity index (χ3v) is 3.01. The number of carbonyl (C=O) groups is 1. The molecule has 1 aromatic rings. The normalized spacial score (nSPS) is 16.9. The molecule has 0 aliphatic heterocycles. The lowest BCUT2D eigenvalue weighted by molar-refractivity contribution is 0.0936. The van der Waals surface area contributed by atoms with Crippen molar-refractivity contribution in [2.75, 3.05) is 5.73 Å². The van der Waals surface area contributed by atoms with E-state index in [0.717, 1.165) is 5.69 Å². The summed E-state index contributed by atoms with van der Waals surface area (Å²) >= 11 is 0. The molecule has 16 heavy (non-hydrogen) atoms. The number of nitrogens with two attached hydrogens (primary N) is 1. The Morgan fingerprint density at radius 2 is 2.31 bits per heavy atom. The smallest absolute Gasteiger partial charge is 0.255 e. The molecule has 1 fully saturated rings. The van der Waals surface area contributed by atoms with Gasteiger partial charge in [0.15, 0.2) is 0 Å². The number of hydrogen-bond donors (Lipinski definition) is 2. The van der Waals surface area contributed by atoms with E-state index in [9.17, 15) is 4.79 Å². The second kappa shape index (κ2) is 4.12. The maximum atomic E-state index is 11.9. The van der Waals surface area contributed by atoms with Crippen molar-refractivity contribution in [2.45, 2.75) is 32.7 Å². The molecule has 0 radical (unpaired) electrons. The maximum absolute atomic E-state index is 11.9. The Morgan fingerprint density at radius 1 is 1.62 bits per heavy atom. The number of nitrogens with one attached hydrogen (secondary N) is 1. The van der Waals surface area contributed by atoms with E-state index < -0.39 is 0 Å². The number of nitrogens with zero attached hydrogens (tertiary/aromatic N) is 1. The molecule has 0 aromatic carbocycles. The highest BCUT2D eigenvalue weighted by Gasteiger charge is 2.29. The van der Waals surface area contributed by atoms with Gasteiger partial charge in [0.2, 0.25) is 0 Å². The number of pyridine rings is 1. The van der Waals surface area contributed by atoms with E-state index in [1.54, 1.807) is 12.3 Å². The van der Waals surface area contributed by atoms with Crippen LogP contribution in [0.15, 0.2) is 12.3 Å². The van der Waals surface area contributed by atoms with E-state index in [4.69, 9.17) is 5.73 Å². The average Bonchev–Trinajstić information content (AvgIpc) is 2.99. The molecule has 0 saturated heterocycles. The van der Waals surface area contributed by atoms with Crippen LogP contribution < -0.4 is 11.1 Å². The molecule has 86 valence electrons. The van der Waals surface area contributed by atoms with E-state index in [-0.39, 0.29) is 11.9 Å². The minimum atomic E-state index is -0.121. The summed E-state index contributed by atoms with van der Waals surface area (Å²) in [6.45, 7) is 3.89. The fraction of sp³-hybridized carbons (Fsp3) is 0.500.